The van der Waals surface area contributed by atoms with Crippen molar-refractivity contribution in [2.75, 3.05) is 24.7 Å². The average Bonchev–Trinajstić information content (AvgIpc) is 2.79. The number of hydrogen-bond acceptors (Lipinski definition) is 4. The monoisotopic (exact) mass is 288 g/mol. The van der Waals surface area contributed by atoms with E-state index in [1.807, 2.05) is 18.7 Å². The molecule has 0 aromatic rings. The number of nitrogens with one attached hydrogen (secondary N) is 1. The first-order chi connectivity index (χ1) is 9.06. The van der Waals surface area contributed by atoms with Gasteiger partial charge in [-0.3, -0.25) is 4.79 Å². The molecule has 0 aromatic heterocycles. The van der Waals surface area contributed by atoms with Crippen LogP contribution in [0.15, 0.2) is 0 Å². The smallest absolute Gasteiger partial charge is 0.238 e. The van der Waals surface area contributed by atoms with E-state index in [9.17, 15) is 4.79 Å². The number of nitrogens with two attached hydrogens (primary N) is 1. The van der Waals surface area contributed by atoms with Gasteiger partial charge in [0.1, 0.15) is 5.54 Å². The lowest BCUT2D eigenvalue weighted by Crippen LogP contribution is -2.57. The van der Waals surface area contributed by atoms with E-state index in [-0.39, 0.29) is 12.5 Å². The van der Waals surface area contributed by atoms with Crippen molar-refractivity contribution >= 4 is 17.7 Å². The maximum atomic E-state index is 11.8. The number of aliphatic hydroxyl groups excluding tert-OH is 1. The fourth-order valence-corrected chi connectivity index (χ4v) is 4.12. The summed E-state index contributed by atoms with van der Waals surface area (Å²) in [6.07, 6.45) is 4.07. The van der Waals surface area contributed by atoms with Crippen LogP contribution in [-0.2, 0) is 4.79 Å². The lowest BCUT2D eigenvalue weighted by atomic mass is 9.84. The lowest BCUT2D eigenvalue weighted by molar-refractivity contribution is -0.125. The van der Waals surface area contributed by atoms with Gasteiger partial charge in [0.25, 0.3) is 0 Å². The van der Waals surface area contributed by atoms with Gasteiger partial charge < -0.3 is 16.2 Å². The van der Waals surface area contributed by atoms with Gasteiger partial charge in [-0.1, -0.05) is 20.3 Å². The molecule has 0 aliphatic heterocycles. The van der Waals surface area contributed by atoms with Crippen LogP contribution in [0.3, 0.4) is 0 Å². The molecule has 0 bridgehead atoms. The van der Waals surface area contributed by atoms with Crippen molar-refractivity contribution in [3.8, 4) is 0 Å². The molecule has 0 heterocycles. The summed E-state index contributed by atoms with van der Waals surface area (Å²) >= 11 is 1.86. The molecule has 1 saturated carbocycles. The van der Waals surface area contributed by atoms with Gasteiger partial charge in [0, 0.05) is 6.61 Å². The molecule has 3 unspecified atom stereocenters. The van der Waals surface area contributed by atoms with Gasteiger partial charge in [-0.05, 0) is 49.1 Å². The summed E-state index contributed by atoms with van der Waals surface area (Å²) in [7, 11) is 0. The molecule has 1 aliphatic carbocycles. The number of rotatable bonds is 9. The van der Waals surface area contributed by atoms with E-state index in [0.717, 1.165) is 43.7 Å². The van der Waals surface area contributed by atoms with Gasteiger partial charge in [0.15, 0.2) is 0 Å². The second kappa shape index (κ2) is 8.12. The number of thioether (sulfide) groups is 1. The molecule has 0 saturated heterocycles. The molecule has 4 N–H and O–H groups in total. The molecule has 4 nitrogen and oxygen atoms in total. The highest BCUT2D eigenvalue weighted by molar-refractivity contribution is 7.99. The number of hydrogen-bond donors (Lipinski definition) is 3. The highest BCUT2D eigenvalue weighted by Crippen LogP contribution is 2.38. The normalized spacial score (nSPS) is 28.5. The van der Waals surface area contributed by atoms with Gasteiger partial charge in [0.05, 0.1) is 0 Å². The molecule has 5 heteroatoms. The van der Waals surface area contributed by atoms with Crippen LogP contribution < -0.4 is 11.1 Å². The van der Waals surface area contributed by atoms with Crippen LogP contribution >= 0.6 is 11.8 Å². The zero-order chi connectivity index (χ0) is 14.3. The van der Waals surface area contributed by atoms with E-state index in [0.29, 0.717) is 11.8 Å². The van der Waals surface area contributed by atoms with Crippen LogP contribution in [0.2, 0.25) is 0 Å². The summed E-state index contributed by atoms with van der Waals surface area (Å²) in [6.45, 7) is 5.11. The van der Waals surface area contributed by atoms with E-state index in [1.165, 1.54) is 0 Å². The van der Waals surface area contributed by atoms with Gasteiger partial charge in [0.2, 0.25) is 5.91 Å². The molecule has 3 atom stereocenters. The summed E-state index contributed by atoms with van der Waals surface area (Å²) in [5.74, 6) is 2.54. The molecule has 112 valence electrons. The number of carbonyl (C=O) groups excluding carboxylic acids is 1. The minimum Gasteiger partial charge on any atom is -0.396 e. The molecule has 1 rings (SSSR count). The Bertz CT molecular complexity index is 289. The molecule has 0 aromatic carbocycles. The summed E-state index contributed by atoms with van der Waals surface area (Å²) < 4.78 is 0. The predicted molar refractivity (Wildman–Crippen MR) is 81.1 cm³/mol. The van der Waals surface area contributed by atoms with Crippen molar-refractivity contribution in [2.45, 2.75) is 45.1 Å². The molecule has 1 aliphatic rings. The van der Waals surface area contributed by atoms with Crippen LogP contribution in [0.1, 0.15) is 39.5 Å². The zero-order valence-corrected chi connectivity index (χ0v) is 13.0. The van der Waals surface area contributed by atoms with Crippen LogP contribution in [0.25, 0.3) is 0 Å². The second-order valence-corrected chi connectivity index (χ2v) is 6.76. The van der Waals surface area contributed by atoms with Gasteiger partial charge in [-0.15, -0.1) is 0 Å². The first-order valence-electron chi connectivity index (χ1n) is 7.30. The van der Waals surface area contributed by atoms with Crippen molar-refractivity contribution < 1.29 is 9.90 Å². The van der Waals surface area contributed by atoms with Crippen LogP contribution in [0.5, 0.6) is 0 Å². The third kappa shape index (κ3) is 4.36. The molecule has 1 amide bonds. The summed E-state index contributed by atoms with van der Waals surface area (Å²) in [5, 5.41) is 12.3. The maximum absolute atomic E-state index is 11.8. The highest BCUT2D eigenvalue weighted by atomic mass is 32.2. The fourth-order valence-electron chi connectivity index (χ4n) is 2.99. The van der Waals surface area contributed by atoms with Crippen molar-refractivity contribution in [2.24, 2.45) is 17.6 Å². The van der Waals surface area contributed by atoms with E-state index < -0.39 is 5.54 Å². The standard InChI is InChI=1S/C14H28N2O2S/c1-3-16-14(13(15)18)7-4-5-12(14)6-8-19-10-11(2)9-17/h11-12,16-17H,3-10H2,1-2H3,(H2,15,18). The Morgan fingerprint density at radius 1 is 1.63 bits per heavy atom. The molecular weight excluding hydrogens is 260 g/mol. The molecular formula is C14H28N2O2S. The molecule has 0 radical (unpaired) electrons. The second-order valence-electron chi connectivity index (χ2n) is 5.61. The quantitative estimate of drug-likeness (QED) is 0.560. The minimum atomic E-state index is -0.474. The van der Waals surface area contributed by atoms with Crippen LogP contribution in [-0.4, -0.2) is 41.2 Å². The van der Waals surface area contributed by atoms with Crippen molar-refractivity contribution in [3.05, 3.63) is 0 Å². The Balaban J connectivity index is 2.44. The number of likely N-dealkylation sites (N-methyl/N-ethyl adjacent to an activating group) is 1. The van der Waals surface area contributed by atoms with Gasteiger partial charge >= 0.3 is 0 Å². The van der Waals surface area contributed by atoms with Crippen LogP contribution in [0.4, 0.5) is 0 Å². The molecule has 1 fully saturated rings. The van der Waals surface area contributed by atoms with E-state index in [1.54, 1.807) is 0 Å². The van der Waals surface area contributed by atoms with E-state index >= 15 is 0 Å². The van der Waals surface area contributed by atoms with Gasteiger partial charge in [-0.25, -0.2) is 0 Å². The fraction of sp³-hybridized carbons (Fsp3) is 0.929. The zero-order valence-electron chi connectivity index (χ0n) is 12.2. The number of carbonyl (C=O) groups is 1. The van der Waals surface area contributed by atoms with E-state index in [4.69, 9.17) is 10.8 Å². The SMILES string of the molecule is CCNC1(C(N)=O)CCCC1CCSCC(C)CO. The average molecular weight is 288 g/mol. The predicted octanol–water partition coefficient (Wildman–Crippen LogP) is 1.37. The first-order valence-corrected chi connectivity index (χ1v) is 8.45. The van der Waals surface area contributed by atoms with Crippen molar-refractivity contribution in [1.82, 2.24) is 5.32 Å². The summed E-state index contributed by atoms with van der Waals surface area (Å²) in [6, 6.07) is 0. The number of amides is 1. The summed E-state index contributed by atoms with van der Waals surface area (Å²) in [4.78, 5) is 11.8. The molecule has 0 spiro atoms. The Morgan fingerprint density at radius 2 is 2.37 bits per heavy atom. The Labute approximate surface area is 120 Å². The van der Waals surface area contributed by atoms with Crippen molar-refractivity contribution in [1.29, 1.82) is 0 Å². The minimum absolute atomic E-state index is 0.189. The third-order valence-corrected chi connectivity index (χ3v) is 5.41. The summed E-state index contributed by atoms with van der Waals surface area (Å²) in [5.41, 5.74) is 5.17. The maximum Gasteiger partial charge on any atom is 0.238 e. The highest BCUT2D eigenvalue weighted by Gasteiger charge is 2.46. The first kappa shape index (κ1) is 16.8. The topological polar surface area (TPSA) is 75.3 Å². The number of aliphatic hydroxyl groups is 1. The van der Waals surface area contributed by atoms with Crippen molar-refractivity contribution in [3.63, 3.8) is 0 Å². The lowest BCUT2D eigenvalue weighted by Gasteiger charge is -2.33. The Kier molecular flexibility index (Phi) is 7.18. The Morgan fingerprint density at radius 3 is 2.95 bits per heavy atom. The largest absolute Gasteiger partial charge is 0.396 e. The van der Waals surface area contributed by atoms with Crippen LogP contribution in [0, 0.1) is 11.8 Å². The Hall–Kier alpha value is -0.260. The van der Waals surface area contributed by atoms with E-state index in [2.05, 4.69) is 12.2 Å². The molecule has 19 heavy (non-hydrogen) atoms. The number of primary amides is 1. The third-order valence-electron chi connectivity index (χ3n) is 4.08. The van der Waals surface area contributed by atoms with Gasteiger partial charge in [-0.2, -0.15) is 11.8 Å².